The molecule has 0 heterocycles. The molecular weight excluding hydrogens is 748 g/mol. The van der Waals surface area contributed by atoms with Crippen molar-refractivity contribution in [3.8, 4) is 0 Å². The van der Waals surface area contributed by atoms with Crippen molar-refractivity contribution in [2.75, 3.05) is 7.11 Å². The fourth-order valence-corrected chi connectivity index (χ4v) is 0. The van der Waals surface area contributed by atoms with Crippen molar-refractivity contribution in [2.24, 2.45) is 5.92 Å². The molecule has 0 unspecified atom stereocenters. The molecule has 0 aliphatic carbocycles. The zero-order chi connectivity index (χ0) is 17.0. The van der Waals surface area contributed by atoms with Crippen LogP contribution in [-0.2, 0) is 62.8 Å². The van der Waals surface area contributed by atoms with E-state index < -0.39 is 0 Å². The van der Waals surface area contributed by atoms with Crippen LogP contribution in [0.4, 0.5) is 0 Å². The molecule has 0 saturated carbocycles. The summed E-state index contributed by atoms with van der Waals surface area (Å²) in [5.74, 6) is 0.833. The fraction of sp³-hybridized carbons (Fsp3) is 0.800. The topological polar surface area (TPSA) is 9.23 Å². The molecule has 0 aromatic rings. The van der Waals surface area contributed by atoms with Crippen molar-refractivity contribution in [3.63, 3.8) is 0 Å². The van der Waals surface area contributed by atoms with Crippen LogP contribution in [0.2, 0.25) is 0 Å². The SMILES string of the molecule is CC.CC(C)C.CO[C](C)=[W].C[C](C)=[W].C[C](C)=[W]. The van der Waals surface area contributed by atoms with Crippen LogP contribution in [-0.4, -0.2) is 19.0 Å². The second-order valence-corrected chi connectivity index (χ2v) is 12.2. The Balaban J connectivity index is -0.0000000441. The maximum atomic E-state index is 4.70. The zero-order valence-electron chi connectivity index (χ0n) is 14.7. The average molecular weight is 782 g/mol. The van der Waals surface area contributed by atoms with E-state index in [1.165, 1.54) is 27.1 Å². The second-order valence-electron chi connectivity index (χ2n) is 4.24. The van der Waals surface area contributed by atoms with E-state index >= 15 is 0 Å². The summed E-state index contributed by atoms with van der Waals surface area (Å²) in [6.45, 7) is 20.9. The number of hydrogen-bond acceptors (Lipinski definition) is 1. The number of rotatable bonds is 1. The average Bonchev–Trinajstić information content (AvgIpc) is 2.18. The van der Waals surface area contributed by atoms with Gasteiger partial charge in [-0.25, -0.2) is 0 Å². The van der Waals surface area contributed by atoms with Gasteiger partial charge in [-0.15, -0.1) is 0 Å². The van der Waals surface area contributed by atoms with Crippen LogP contribution >= 0.6 is 0 Å². The zero-order valence-corrected chi connectivity index (χ0v) is 23.5. The summed E-state index contributed by atoms with van der Waals surface area (Å²) < 4.78 is 8.79. The number of methoxy groups -OCH3 is 1. The molecule has 0 spiro atoms. The van der Waals surface area contributed by atoms with E-state index in [1.54, 1.807) is 45.8 Å². The van der Waals surface area contributed by atoms with Crippen LogP contribution in [0.3, 0.4) is 0 Å². The monoisotopic (exact) mass is 782 g/mol. The summed E-state index contributed by atoms with van der Waals surface area (Å²) >= 11 is 4.59. The molecule has 0 amide bonds. The first-order valence-electron chi connectivity index (χ1n) is 6.46. The molecule has 0 N–H and O–H groups in total. The van der Waals surface area contributed by atoms with Crippen LogP contribution in [0, 0.1) is 5.92 Å². The van der Waals surface area contributed by atoms with Gasteiger partial charge in [0.15, 0.2) is 0 Å². The summed E-state index contributed by atoms with van der Waals surface area (Å²) in [4.78, 5) is 0. The summed E-state index contributed by atoms with van der Waals surface area (Å²) in [6.07, 6.45) is 0. The van der Waals surface area contributed by atoms with Crippen molar-refractivity contribution in [3.05, 3.63) is 0 Å². The van der Waals surface area contributed by atoms with E-state index in [1.807, 2.05) is 20.8 Å². The van der Waals surface area contributed by atoms with Gasteiger partial charge in [0, 0.05) is 0 Å². The third-order valence-corrected chi connectivity index (χ3v) is 0.886. The van der Waals surface area contributed by atoms with Gasteiger partial charge in [0.25, 0.3) is 0 Å². The molecular formula is C15H34OW3. The number of hydrogen-bond donors (Lipinski definition) is 0. The Morgan fingerprint density at radius 2 is 0.789 bits per heavy atom. The Labute approximate surface area is 155 Å². The molecule has 0 rings (SSSR count). The molecule has 0 atom stereocenters. The minimum atomic E-state index is 0.833. The van der Waals surface area contributed by atoms with Gasteiger partial charge in [-0.1, -0.05) is 34.6 Å². The molecule has 0 aliphatic rings. The molecule has 4 heteroatoms. The van der Waals surface area contributed by atoms with Crippen molar-refractivity contribution in [1.29, 1.82) is 0 Å². The van der Waals surface area contributed by atoms with Crippen LogP contribution in [0.25, 0.3) is 0 Å². The fourth-order valence-electron chi connectivity index (χ4n) is 0. The third-order valence-electron chi connectivity index (χ3n) is 0.287. The molecule has 0 fully saturated rings. The predicted octanol–water partition coefficient (Wildman–Crippen LogP) is 4.51. The standard InChI is InChI=1S/C4H10.C3H6O.2C3H6.C2H6.3W/c1-4(2)3;1-3-4-2;2*1-3-2;1-2;;;/h4H,1-3H3;1-2H3;2*1-2H3;1-2H3;;;. The molecule has 118 valence electrons. The van der Waals surface area contributed by atoms with E-state index in [-0.39, 0.29) is 0 Å². The van der Waals surface area contributed by atoms with Gasteiger partial charge in [0.05, 0.1) is 0 Å². The van der Waals surface area contributed by atoms with Crippen molar-refractivity contribution in [2.45, 2.75) is 69.2 Å². The van der Waals surface area contributed by atoms with Crippen LogP contribution < -0.4 is 0 Å². The second kappa shape index (κ2) is 31.8. The van der Waals surface area contributed by atoms with E-state index in [2.05, 4.69) is 48.5 Å². The van der Waals surface area contributed by atoms with Gasteiger partial charge in [0.2, 0.25) is 0 Å². The van der Waals surface area contributed by atoms with Gasteiger partial charge in [-0.3, -0.25) is 0 Å². The van der Waals surface area contributed by atoms with E-state index in [0.29, 0.717) is 0 Å². The molecule has 0 radical (unpaired) electrons. The van der Waals surface area contributed by atoms with Gasteiger partial charge < -0.3 is 0 Å². The first kappa shape index (κ1) is 32.5. The van der Waals surface area contributed by atoms with Crippen LogP contribution in [0.1, 0.15) is 69.2 Å². The van der Waals surface area contributed by atoms with Crippen LogP contribution in [0.15, 0.2) is 0 Å². The van der Waals surface area contributed by atoms with Gasteiger partial charge >= 0.3 is 116 Å². The Morgan fingerprint density at radius 3 is 0.789 bits per heavy atom. The molecule has 0 saturated heterocycles. The summed E-state index contributed by atoms with van der Waals surface area (Å²) in [5.41, 5.74) is 0. The minimum absolute atomic E-state index is 0.833. The quantitative estimate of drug-likeness (QED) is 0.381. The third kappa shape index (κ3) is 462. The maximum absolute atomic E-state index is 4.70. The molecule has 19 heavy (non-hydrogen) atoms. The Hall–Kier alpha value is 1.63. The molecule has 1 nitrogen and oxygen atoms in total. The van der Waals surface area contributed by atoms with Crippen molar-refractivity contribution < 1.29 is 62.8 Å². The summed E-state index contributed by atoms with van der Waals surface area (Å²) in [6, 6.07) is 0. The van der Waals surface area contributed by atoms with Crippen LogP contribution in [0.5, 0.6) is 0 Å². The molecule has 0 aromatic heterocycles. The summed E-state index contributed by atoms with van der Waals surface area (Å²) in [5, 5.41) is 0. The molecule has 0 aromatic carbocycles. The molecule has 0 aliphatic heterocycles. The molecule has 0 bridgehead atoms. The van der Waals surface area contributed by atoms with Gasteiger partial charge in [-0.05, 0) is 5.92 Å². The Morgan fingerprint density at radius 1 is 0.737 bits per heavy atom. The van der Waals surface area contributed by atoms with E-state index in [4.69, 9.17) is 4.74 Å². The summed E-state index contributed by atoms with van der Waals surface area (Å²) in [7, 11) is 1.68. The van der Waals surface area contributed by atoms with Gasteiger partial charge in [0.1, 0.15) is 0 Å². The van der Waals surface area contributed by atoms with E-state index in [9.17, 15) is 0 Å². The van der Waals surface area contributed by atoms with E-state index in [0.717, 1.165) is 10.0 Å². The predicted molar refractivity (Wildman–Crippen MR) is 82.3 cm³/mol. The van der Waals surface area contributed by atoms with Crippen molar-refractivity contribution >= 4 is 11.9 Å². The van der Waals surface area contributed by atoms with Gasteiger partial charge in [-0.2, -0.15) is 0 Å². The first-order chi connectivity index (χ1) is 8.47. The number of ether oxygens (including phenoxy) is 1. The first-order valence-corrected chi connectivity index (χ1v) is 10.9. The Bertz CT molecular complexity index is 177. The Kier molecular flexibility index (Phi) is 54.5. The normalized spacial score (nSPS) is 6.95. The van der Waals surface area contributed by atoms with Crippen molar-refractivity contribution in [1.82, 2.24) is 0 Å².